The minimum atomic E-state index is 0.187. The van der Waals surface area contributed by atoms with E-state index in [1.54, 1.807) is 0 Å². The van der Waals surface area contributed by atoms with Crippen molar-refractivity contribution in [1.82, 2.24) is 10.2 Å². The van der Waals surface area contributed by atoms with Gasteiger partial charge in [-0.25, -0.2) is 0 Å². The number of hydrogen-bond donors (Lipinski definition) is 2. The van der Waals surface area contributed by atoms with Gasteiger partial charge in [-0.3, -0.25) is 0 Å². The number of nitrogens with one attached hydrogen (secondary N) is 1. The van der Waals surface area contributed by atoms with E-state index in [9.17, 15) is 5.11 Å². The Hall–Kier alpha value is -1.26. The van der Waals surface area contributed by atoms with E-state index in [4.69, 9.17) is 0 Å². The molecule has 1 fully saturated rings. The summed E-state index contributed by atoms with van der Waals surface area (Å²) in [6.07, 6.45) is 2.28. The van der Waals surface area contributed by atoms with E-state index in [1.165, 1.54) is 6.42 Å². The summed E-state index contributed by atoms with van der Waals surface area (Å²) in [5.41, 5.74) is 2.11. The van der Waals surface area contributed by atoms with Gasteiger partial charge in [0.05, 0.1) is 0 Å². The van der Waals surface area contributed by atoms with Gasteiger partial charge in [-0.2, -0.15) is 0 Å². The second-order valence-electron chi connectivity index (χ2n) is 6.27. The van der Waals surface area contributed by atoms with Crippen molar-refractivity contribution in [2.24, 2.45) is 0 Å². The molecule has 1 heterocycles. The molecule has 1 aromatic rings. The lowest BCUT2D eigenvalue weighted by Crippen LogP contribution is -2.31. The van der Waals surface area contributed by atoms with Crippen LogP contribution in [0.1, 0.15) is 38.3 Å². The van der Waals surface area contributed by atoms with Gasteiger partial charge in [0.15, 0.2) is 0 Å². The fraction of sp³-hybridized carbons (Fsp3) is 0.647. The first-order valence-electron chi connectivity index (χ1n) is 8.00. The van der Waals surface area contributed by atoms with E-state index in [0.29, 0.717) is 11.8 Å². The highest BCUT2D eigenvalue weighted by atomic mass is 16.3. The Labute approximate surface area is 128 Å². The average Bonchev–Trinajstić information content (AvgIpc) is 2.94. The van der Waals surface area contributed by atoms with Gasteiger partial charge in [-0.15, -0.1) is 0 Å². The number of phenolic OH excluding ortho intramolecular Hbond substituents is 1. The number of anilines is 1. The molecule has 0 spiro atoms. The average molecular weight is 291 g/mol. The summed E-state index contributed by atoms with van der Waals surface area (Å²) in [6, 6.07) is 6.90. The number of benzene rings is 1. The quantitative estimate of drug-likeness (QED) is 0.845. The van der Waals surface area contributed by atoms with E-state index in [1.807, 2.05) is 6.07 Å². The van der Waals surface area contributed by atoms with Crippen LogP contribution < -0.4 is 10.2 Å². The Morgan fingerprint density at radius 2 is 2.19 bits per heavy atom. The SMILES string of the molecule is CCCNC(C)c1ccc(N2CCC(N(C)C)C2)cc1O. The first kappa shape index (κ1) is 16.1. The molecule has 0 aliphatic carbocycles. The van der Waals surface area contributed by atoms with Crippen molar-refractivity contribution in [3.05, 3.63) is 23.8 Å². The second kappa shape index (κ2) is 7.14. The Morgan fingerprint density at radius 1 is 1.43 bits per heavy atom. The molecule has 1 saturated heterocycles. The summed E-state index contributed by atoms with van der Waals surface area (Å²) in [7, 11) is 4.27. The van der Waals surface area contributed by atoms with Crippen molar-refractivity contribution in [3.63, 3.8) is 0 Å². The van der Waals surface area contributed by atoms with Crippen molar-refractivity contribution in [1.29, 1.82) is 0 Å². The summed E-state index contributed by atoms with van der Waals surface area (Å²) >= 11 is 0. The van der Waals surface area contributed by atoms with Gasteiger partial charge >= 0.3 is 0 Å². The van der Waals surface area contributed by atoms with Crippen LogP contribution in [0.3, 0.4) is 0 Å². The number of rotatable bonds is 6. The zero-order chi connectivity index (χ0) is 15.4. The van der Waals surface area contributed by atoms with Crippen LogP contribution in [0.25, 0.3) is 0 Å². The zero-order valence-electron chi connectivity index (χ0n) is 13.8. The van der Waals surface area contributed by atoms with Crippen LogP contribution in [0.2, 0.25) is 0 Å². The van der Waals surface area contributed by atoms with Crippen LogP contribution in [0, 0.1) is 0 Å². The molecule has 0 radical (unpaired) electrons. The molecule has 0 bridgehead atoms. The second-order valence-corrected chi connectivity index (χ2v) is 6.27. The van der Waals surface area contributed by atoms with Gasteiger partial charge in [0, 0.05) is 42.5 Å². The molecule has 1 aliphatic heterocycles. The maximum Gasteiger partial charge on any atom is 0.122 e. The highest BCUT2D eigenvalue weighted by Crippen LogP contribution is 2.31. The normalized spacial score (nSPS) is 20.2. The zero-order valence-corrected chi connectivity index (χ0v) is 13.8. The molecule has 2 atom stereocenters. The van der Waals surface area contributed by atoms with Gasteiger partial charge in [0.25, 0.3) is 0 Å². The monoisotopic (exact) mass is 291 g/mol. The molecule has 0 aromatic heterocycles. The van der Waals surface area contributed by atoms with E-state index in [0.717, 1.165) is 37.3 Å². The summed E-state index contributed by atoms with van der Waals surface area (Å²) < 4.78 is 0. The number of aromatic hydroxyl groups is 1. The van der Waals surface area contributed by atoms with Crippen LogP contribution in [-0.2, 0) is 0 Å². The van der Waals surface area contributed by atoms with Crippen LogP contribution in [0.4, 0.5) is 5.69 Å². The van der Waals surface area contributed by atoms with Crippen LogP contribution in [-0.4, -0.2) is 49.8 Å². The van der Waals surface area contributed by atoms with Gasteiger partial charge in [-0.1, -0.05) is 13.0 Å². The van der Waals surface area contributed by atoms with Crippen molar-refractivity contribution in [2.75, 3.05) is 38.6 Å². The predicted molar refractivity (Wildman–Crippen MR) is 89.1 cm³/mol. The Balaban J connectivity index is 2.05. The Bertz CT molecular complexity index is 461. The molecule has 1 aliphatic rings. The molecule has 0 saturated carbocycles. The van der Waals surface area contributed by atoms with E-state index in [-0.39, 0.29) is 6.04 Å². The van der Waals surface area contributed by atoms with E-state index >= 15 is 0 Å². The number of phenols is 1. The van der Waals surface area contributed by atoms with Gasteiger partial charge < -0.3 is 20.2 Å². The van der Waals surface area contributed by atoms with E-state index in [2.05, 4.69) is 55.2 Å². The lowest BCUT2D eigenvalue weighted by atomic mass is 10.1. The molecule has 2 N–H and O–H groups in total. The Morgan fingerprint density at radius 3 is 2.76 bits per heavy atom. The van der Waals surface area contributed by atoms with Crippen LogP contribution >= 0.6 is 0 Å². The van der Waals surface area contributed by atoms with Crippen molar-refractivity contribution in [2.45, 2.75) is 38.8 Å². The lowest BCUT2D eigenvalue weighted by Gasteiger charge is -2.23. The molecular formula is C17H29N3O. The van der Waals surface area contributed by atoms with Gasteiger partial charge in [0.2, 0.25) is 0 Å². The fourth-order valence-corrected chi connectivity index (χ4v) is 2.96. The maximum absolute atomic E-state index is 10.3. The maximum atomic E-state index is 10.3. The van der Waals surface area contributed by atoms with Gasteiger partial charge in [-0.05, 0) is 46.5 Å². The van der Waals surface area contributed by atoms with Gasteiger partial charge in [0.1, 0.15) is 5.75 Å². The molecule has 2 unspecified atom stereocenters. The van der Waals surface area contributed by atoms with E-state index < -0.39 is 0 Å². The molecule has 4 nitrogen and oxygen atoms in total. The third-order valence-corrected chi connectivity index (χ3v) is 4.44. The minimum Gasteiger partial charge on any atom is -0.508 e. The fourth-order valence-electron chi connectivity index (χ4n) is 2.96. The molecule has 118 valence electrons. The van der Waals surface area contributed by atoms with Crippen LogP contribution in [0.15, 0.2) is 18.2 Å². The molecule has 2 rings (SSSR count). The standard InChI is InChI=1S/C17H29N3O/c1-5-9-18-13(2)16-7-6-14(11-17(16)21)20-10-8-15(12-20)19(3)4/h6-7,11,13,15,18,21H,5,8-10,12H2,1-4H3. The summed E-state index contributed by atoms with van der Waals surface area (Å²) in [6.45, 7) is 7.32. The molecule has 21 heavy (non-hydrogen) atoms. The highest BCUT2D eigenvalue weighted by Gasteiger charge is 2.24. The van der Waals surface area contributed by atoms with Crippen molar-refractivity contribution in [3.8, 4) is 5.75 Å². The lowest BCUT2D eigenvalue weighted by molar-refractivity contribution is 0.315. The largest absolute Gasteiger partial charge is 0.508 e. The first-order valence-corrected chi connectivity index (χ1v) is 8.00. The number of nitrogens with zero attached hydrogens (tertiary/aromatic N) is 2. The summed E-state index contributed by atoms with van der Waals surface area (Å²) in [5.74, 6) is 0.400. The Kier molecular flexibility index (Phi) is 5.48. The minimum absolute atomic E-state index is 0.187. The highest BCUT2D eigenvalue weighted by molar-refractivity contribution is 5.54. The number of likely N-dealkylation sites (N-methyl/N-ethyl adjacent to an activating group) is 1. The number of hydrogen-bond acceptors (Lipinski definition) is 4. The molecule has 0 amide bonds. The first-order chi connectivity index (χ1) is 10.0. The topological polar surface area (TPSA) is 38.7 Å². The third kappa shape index (κ3) is 3.89. The molecule has 1 aromatic carbocycles. The molecule has 4 heteroatoms. The van der Waals surface area contributed by atoms with Crippen molar-refractivity contribution < 1.29 is 5.11 Å². The smallest absolute Gasteiger partial charge is 0.122 e. The van der Waals surface area contributed by atoms with Crippen molar-refractivity contribution >= 4 is 5.69 Å². The third-order valence-electron chi connectivity index (χ3n) is 4.44. The predicted octanol–water partition coefficient (Wildman–Crippen LogP) is 2.59. The molecular weight excluding hydrogens is 262 g/mol. The summed E-state index contributed by atoms with van der Waals surface area (Å²) in [5, 5.41) is 13.7. The van der Waals surface area contributed by atoms with Crippen LogP contribution in [0.5, 0.6) is 5.75 Å². The summed E-state index contributed by atoms with van der Waals surface area (Å²) in [4.78, 5) is 4.64.